The fourth-order valence-corrected chi connectivity index (χ4v) is 3.53. The van der Waals surface area contributed by atoms with E-state index < -0.39 is 0 Å². The predicted molar refractivity (Wildman–Crippen MR) is 115 cm³/mol. The van der Waals surface area contributed by atoms with Gasteiger partial charge in [0.2, 0.25) is 0 Å². The molecule has 4 aromatic rings. The van der Waals surface area contributed by atoms with Gasteiger partial charge < -0.3 is 9.73 Å². The summed E-state index contributed by atoms with van der Waals surface area (Å²) < 4.78 is 5.83. The predicted octanol–water partition coefficient (Wildman–Crippen LogP) is 6.37. The first-order chi connectivity index (χ1) is 13.3. The molecule has 0 saturated carbocycles. The second kappa shape index (κ2) is 6.83. The highest BCUT2D eigenvalue weighted by atomic mass is 16.3. The molecule has 0 radical (unpaired) electrons. The van der Waals surface area contributed by atoms with Crippen molar-refractivity contribution >= 4 is 27.6 Å². The lowest BCUT2D eigenvalue weighted by molar-refractivity contribution is 0.0914. The number of furan rings is 1. The van der Waals surface area contributed by atoms with Crippen LogP contribution in [-0.4, -0.2) is 5.91 Å². The lowest BCUT2D eigenvalue weighted by Crippen LogP contribution is -2.26. The van der Waals surface area contributed by atoms with Gasteiger partial charge in [-0.05, 0) is 46.4 Å². The summed E-state index contributed by atoms with van der Waals surface area (Å²) >= 11 is 0. The van der Waals surface area contributed by atoms with Crippen LogP contribution in [0.4, 0.5) is 0 Å². The first-order valence-corrected chi connectivity index (χ1v) is 9.65. The number of fused-ring (bicyclic) bond motifs is 3. The third-order valence-electron chi connectivity index (χ3n) is 5.27. The van der Waals surface area contributed by atoms with Gasteiger partial charge in [-0.3, -0.25) is 4.79 Å². The van der Waals surface area contributed by atoms with Crippen LogP contribution in [0.3, 0.4) is 0 Å². The summed E-state index contributed by atoms with van der Waals surface area (Å²) in [4.78, 5) is 12.8. The zero-order valence-corrected chi connectivity index (χ0v) is 16.7. The molecule has 0 saturated heterocycles. The third-order valence-corrected chi connectivity index (χ3v) is 5.27. The number of carbonyl (C=O) groups excluding carboxylic acids is 1. The number of amides is 1. The summed E-state index contributed by atoms with van der Waals surface area (Å²) in [6.45, 7) is 8.57. The second-order valence-electron chi connectivity index (χ2n) is 8.38. The maximum Gasteiger partial charge on any atom is 0.287 e. The van der Waals surface area contributed by atoms with E-state index in [0.717, 1.165) is 27.3 Å². The van der Waals surface area contributed by atoms with E-state index in [9.17, 15) is 4.79 Å². The average molecular weight is 371 g/mol. The molecule has 4 rings (SSSR count). The monoisotopic (exact) mass is 371 g/mol. The second-order valence-corrected chi connectivity index (χ2v) is 8.38. The SMILES string of the molecule is C[C@H](NC(=O)c1cc2c(ccc3ccccc32)o1)c1ccc(C(C)(C)C)cc1. The topological polar surface area (TPSA) is 42.2 Å². The lowest BCUT2D eigenvalue weighted by Gasteiger charge is -2.20. The van der Waals surface area contributed by atoms with Crippen LogP contribution in [0.25, 0.3) is 21.7 Å². The molecule has 0 spiro atoms. The summed E-state index contributed by atoms with van der Waals surface area (Å²) in [6.07, 6.45) is 0. The van der Waals surface area contributed by atoms with Crippen molar-refractivity contribution in [2.24, 2.45) is 0 Å². The number of benzene rings is 3. The number of carbonyl (C=O) groups is 1. The van der Waals surface area contributed by atoms with E-state index in [1.54, 1.807) is 0 Å². The molecule has 3 aromatic carbocycles. The standard InChI is InChI=1S/C25H25NO2/c1-16(17-9-12-19(13-10-17)25(2,3)4)26-24(27)23-15-21-20-8-6-5-7-18(20)11-14-22(21)28-23/h5-16H,1-4H3,(H,26,27)/t16-/m0/s1. The Hall–Kier alpha value is -3.07. The van der Waals surface area contributed by atoms with Crippen molar-refractivity contribution < 1.29 is 9.21 Å². The van der Waals surface area contributed by atoms with Crippen molar-refractivity contribution in [3.05, 3.63) is 83.6 Å². The van der Waals surface area contributed by atoms with Gasteiger partial charge in [-0.25, -0.2) is 0 Å². The van der Waals surface area contributed by atoms with Crippen LogP contribution in [0, 0.1) is 0 Å². The highest BCUT2D eigenvalue weighted by molar-refractivity contribution is 6.08. The van der Waals surface area contributed by atoms with E-state index in [1.165, 1.54) is 5.56 Å². The van der Waals surface area contributed by atoms with Gasteiger partial charge >= 0.3 is 0 Å². The van der Waals surface area contributed by atoms with Crippen LogP contribution in [0.1, 0.15) is 55.4 Å². The molecule has 142 valence electrons. The molecule has 1 N–H and O–H groups in total. The van der Waals surface area contributed by atoms with Crippen molar-refractivity contribution in [1.29, 1.82) is 0 Å². The van der Waals surface area contributed by atoms with Crippen LogP contribution in [0.5, 0.6) is 0 Å². The zero-order valence-electron chi connectivity index (χ0n) is 16.7. The Labute approximate surface area is 165 Å². The molecule has 3 heteroatoms. The van der Waals surface area contributed by atoms with Gasteiger partial charge in [-0.1, -0.05) is 75.4 Å². The Morgan fingerprint density at radius 2 is 1.64 bits per heavy atom. The minimum absolute atomic E-state index is 0.105. The third kappa shape index (κ3) is 3.40. The number of nitrogens with one attached hydrogen (secondary N) is 1. The molecule has 3 nitrogen and oxygen atoms in total. The Morgan fingerprint density at radius 3 is 2.36 bits per heavy atom. The minimum atomic E-state index is -0.201. The molecule has 1 atom stereocenters. The van der Waals surface area contributed by atoms with Crippen LogP contribution in [0.2, 0.25) is 0 Å². The van der Waals surface area contributed by atoms with Gasteiger partial charge in [0, 0.05) is 5.39 Å². The summed E-state index contributed by atoms with van der Waals surface area (Å²) in [5, 5.41) is 6.24. The Balaban J connectivity index is 1.57. The Morgan fingerprint density at radius 1 is 0.929 bits per heavy atom. The fourth-order valence-electron chi connectivity index (χ4n) is 3.53. The average Bonchev–Trinajstić information content (AvgIpc) is 3.12. The molecule has 0 aliphatic heterocycles. The van der Waals surface area contributed by atoms with Crippen LogP contribution < -0.4 is 5.32 Å². The number of rotatable bonds is 3. The maximum atomic E-state index is 12.8. The summed E-state index contributed by atoms with van der Waals surface area (Å²) in [5.74, 6) is 0.136. The van der Waals surface area contributed by atoms with Gasteiger partial charge in [0.15, 0.2) is 5.76 Å². The van der Waals surface area contributed by atoms with Gasteiger partial charge in [0.25, 0.3) is 5.91 Å². The Bertz CT molecular complexity index is 1150. The number of hydrogen-bond acceptors (Lipinski definition) is 2. The molecule has 1 amide bonds. The van der Waals surface area contributed by atoms with Gasteiger partial charge in [-0.2, -0.15) is 0 Å². The summed E-state index contributed by atoms with van der Waals surface area (Å²) in [5.41, 5.74) is 3.19. The van der Waals surface area contributed by atoms with E-state index in [-0.39, 0.29) is 17.4 Å². The molecule has 0 aliphatic carbocycles. The lowest BCUT2D eigenvalue weighted by atomic mass is 9.86. The van der Waals surface area contributed by atoms with Crippen LogP contribution in [-0.2, 0) is 5.41 Å². The summed E-state index contributed by atoms with van der Waals surface area (Å²) in [6, 6.07) is 22.2. The van der Waals surface area contributed by atoms with Gasteiger partial charge in [-0.15, -0.1) is 0 Å². The molecular weight excluding hydrogens is 346 g/mol. The van der Waals surface area contributed by atoms with E-state index in [4.69, 9.17) is 4.42 Å². The molecule has 1 aromatic heterocycles. The smallest absolute Gasteiger partial charge is 0.287 e. The molecule has 1 heterocycles. The van der Waals surface area contributed by atoms with Crippen molar-refractivity contribution in [3.63, 3.8) is 0 Å². The first-order valence-electron chi connectivity index (χ1n) is 9.65. The normalized spacial score (nSPS) is 13.0. The largest absolute Gasteiger partial charge is 0.451 e. The summed E-state index contributed by atoms with van der Waals surface area (Å²) in [7, 11) is 0. The van der Waals surface area contributed by atoms with Crippen LogP contribution in [0.15, 0.2) is 71.1 Å². The zero-order chi connectivity index (χ0) is 19.9. The highest BCUT2D eigenvalue weighted by Crippen LogP contribution is 2.29. The van der Waals surface area contributed by atoms with Gasteiger partial charge in [0.1, 0.15) is 5.58 Å². The highest BCUT2D eigenvalue weighted by Gasteiger charge is 2.18. The fraction of sp³-hybridized carbons (Fsp3) is 0.240. The van der Waals surface area contributed by atoms with E-state index in [0.29, 0.717) is 5.76 Å². The van der Waals surface area contributed by atoms with Crippen molar-refractivity contribution in [2.75, 3.05) is 0 Å². The van der Waals surface area contributed by atoms with Crippen molar-refractivity contribution in [2.45, 2.75) is 39.2 Å². The van der Waals surface area contributed by atoms with E-state index >= 15 is 0 Å². The quantitative estimate of drug-likeness (QED) is 0.454. The molecule has 28 heavy (non-hydrogen) atoms. The maximum absolute atomic E-state index is 12.8. The molecule has 0 fully saturated rings. The first kappa shape index (κ1) is 18.3. The van der Waals surface area contributed by atoms with Crippen LogP contribution >= 0.6 is 0 Å². The molecule has 0 aliphatic rings. The molecule has 0 bridgehead atoms. The minimum Gasteiger partial charge on any atom is -0.451 e. The van der Waals surface area contributed by atoms with Crippen molar-refractivity contribution in [3.8, 4) is 0 Å². The van der Waals surface area contributed by atoms with Crippen molar-refractivity contribution in [1.82, 2.24) is 5.32 Å². The number of hydrogen-bond donors (Lipinski definition) is 1. The van der Waals surface area contributed by atoms with Gasteiger partial charge in [0.05, 0.1) is 6.04 Å². The molecular formula is C25H25NO2. The van der Waals surface area contributed by atoms with E-state index in [1.807, 2.05) is 43.3 Å². The Kier molecular flexibility index (Phi) is 4.46. The molecule has 0 unspecified atom stereocenters. The van der Waals surface area contributed by atoms with E-state index in [2.05, 4.69) is 56.4 Å².